The van der Waals surface area contributed by atoms with Gasteiger partial charge >= 0.3 is 5.97 Å². The lowest BCUT2D eigenvalue weighted by atomic mass is 10.1. The first-order valence-corrected chi connectivity index (χ1v) is 9.07. The molecule has 6 nitrogen and oxygen atoms in total. The Labute approximate surface area is 154 Å². The summed E-state index contributed by atoms with van der Waals surface area (Å²) in [6, 6.07) is 7.14. The van der Waals surface area contributed by atoms with E-state index in [2.05, 4.69) is 4.98 Å². The van der Waals surface area contributed by atoms with Gasteiger partial charge in [0, 0.05) is 24.8 Å². The van der Waals surface area contributed by atoms with E-state index in [0.717, 1.165) is 5.56 Å². The molecule has 1 fully saturated rings. The average molecular weight is 381 g/mol. The molecule has 1 aliphatic heterocycles. The van der Waals surface area contributed by atoms with Crippen molar-refractivity contribution in [1.82, 2.24) is 9.88 Å². The van der Waals surface area contributed by atoms with Crippen molar-refractivity contribution in [3.05, 3.63) is 40.4 Å². The van der Waals surface area contributed by atoms with Gasteiger partial charge in [0.05, 0.1) is 11.2 Å². The lowest BCUT2D eigenvalue weighted by Crippen LogP contribution is -2.45. The SMILES string of the molecule is O=C(O)CN(C(=O)c1cnc(-c2ccccc2Cl)s1)C1CCOCC1. The molecule has 0 atom stereocenters. The van der Waals surface area contributed by atoms with Gasteiger partial charge in [-0.05, 0) is 18.9 Å². The second kappa shape index (κ2) is 7.95. The minimum atomic E-state index is -1.03. The number of ether oxygens (including phenoxy) is 1. The maximum atomic E-state index is 12.9. The van der Waals surface area contributed by atoms with Gasteiger partial charge in [-0.2, -0.15) is 0 Å². The molecule has 1 amide bonds. The van der Waals surface area contributed by atoms with Crippen molar-refractivity contribution in [1.29, 1.82) is 0 Å². The van der Waals surface area contributed by atoms with Gasteiger partial charge in [-0.3, -0.25) is 9.59 Å². The zero-order valence-corrected chi connectivity index (χ0v) is 14.9. The summed E-state index contributed by atoms with van der Waals surface area (Å²) in [4.78, 5) is 30.2. The largest absolute Gasteiger partial charge is 0.480 e. The van der Waals surface area contributed by atoms with Gasteiger partial charge in [-0.1, -0.05) is 29.8 Å². The molecule has 2 aromatic rings. The number of aromatic nitrogens is 1. The van der Waals surface area contributed by atoms with Crippen LogP contribution in [0, 0.1) is 0 Å². The van der Waals surface area contributed by atoms with Crippen molar-refractivity contribution in [3.63, 3.8) is 0 Å². The zero-order chi connectivity index (χ0) is 17.8. The fraction of sp³-hybridized carbons (Fsp3) is 0.353. The summed E-state index contributed by atoms with van der Waals surface area (Å²) < 4.78 is 5.31. The Morgan fingerprint density at radius 1 is 1.32 bits per heavy atom. The third kappa shape index (κ3) is 4.18. The molecule has 1 saturated heterocycles. The summed E-state index contributed by atoms with van der Waals surface area (Å²) in [5.41, 5.74) is 0.754. The number of hydrogen-bond donors (Lipinski definition) is 1. The molecule has 1 aromatic heterocycles. The van der Waals surface area contributed by atoms with E-state index in [9.17, 15) is 14.7 Å². The minimum Gasteiger partial charge on any atom is -0.480 e. The van der Waals surface area contributed by atoms with Crippen LogP contribution in [0.2, 0.25) is 5.02 Å². The molecule has 0 spiro atoms. The maximum absolute atomic E-state index is 12.9. The van der Waals surface area contributed by atoms with E-state index in [1.165, 1.54) is 22.4 Å². The molecule has 132 valence electrons. The number of aliphatic carboxylic acids is 1. The van der Waals surface area contributed by atoms with Crippen LogP contribution in [0.4, 0.5) is 0 Å². The van der Waals surface area contributed by atoms with Crippen molar-refractivity contribution >= 4 is 34.8 Å². The highest BCUT2D eigenvalue weighted by atomic mass is 35.5. The molecule has 0 radical (unpaired) electrons. The number of hydrogen-bond acceptors (Lipinski definition) is 5. The highest BCUT2D eigenvalue weighted by Crippen LogP contribution is 2.32. The van der Waals surface area contributed by atoms with Gasteiger partial charge in [-0.25, -0.2) is 4.98 Å². The minimum absolute atomic E-state index is 0.136. The molecule has 0 unspecified atom stereocenters. The topological polar surface area (TPSA) is 79.7 Å². The second-order valence-electron chi connectivity index (χ2n) is 5.68. The molecule has 25 heavy (non-hydrogen) atoms. The Balaban J connectivity index is 1.84. The van der Waals surface area contributed by atoms with Gasteiger partial charge in [0.15, 0.2) is 0 Å². The van der Waals surface area contributed by atoms with Crippen LogP contribution in [0.3, 0.4) is 0 Å². The van der Waals surface area contributed by atoms with E-state index >= 15 is 0 Å². The van der Waals surface area contributed by atoms with E-state index in [0.29, 0.717) is 41.0 Å². The Kier molecular flexibility index (Phi) is 5.67. The molecule has 1 aliphatic rings. The Hall–Kier alpha value is -1.96. The van der Waals surface area contributed by atoms with E-state index in [1.54, 1.807) is 6.07 Å². The predicted molar refractivity (Wildman–Crippen MR) is 95.1 cm³/mol. The molecule has 8 heteroatoms. The van der Waals surface area contributed by atoms with Crippen LogP contribution in [0.5, 0.6) is 0 Å². The summed E-state index contributed by atoms with van der Waals surface area (Å²) in [5.74, 6) is -1.35. The van der Waals surface area contributed by atoms with Crippen molar-refractivity contribution in [2.75, 3.05) is 19.8 Å². The first-order chi connectivity index (χ1) is 12.1. The number of amides is 1. The fourth-order valence-corrected chi connectivity index (χ4v) is 3.98. The van der Waals surface area contributed by atoms with Crippen LogP contribution in [-0.2, 0) is 9.53 Å². The monoisotopic (exact) mass is 380 g/mol. The number of carbonyl (C=O) groups is 2. The zero-order valence-electron chi connectivity index (χ0n) is 13.4. The van der Waals surface area contributed by atoms with E-state index in [-0.39, 0.29) is 18.5 Å². The van der Waals surface area contributed by atoms with Crippen LogP contribution in [0.1, 0.15) is 22.5 Å². The van der Waals surface area contributed by atoms with E-state index < -0.39 is 5.97 Å². The smallest absolute Gasteiger partial charge is 0.323 e. The first kappa shape index (κ1) is 17.8. The van der Waals surface area contributed by atoms with Crippen LogP contribution in [0.25, 0.3) is 10.6 Å². The number of halogens is 1. The summed E-state index contributed by atoms with van der Waals surface area (Å²) in [6.07, 6.45) is 2.75. The molecule has 0 bridgehead atoms. The highest BCUT2D eigenvalue weighted by molar-refractivity contribution is 7.17. The number of carboxylic acids is 1. The maximum Gasteiger partial charge on any atom is 0.323 e. The third-order valence-electron chi connectivity index (χ3n) is 4.02. The quantitative estimate of drug-likeness (QED) is 0.861. The van der Waals surface area contributed by atoms with E-state index in [4.69, 9.17) is 16.3 Å². The Morgan fingerprint density at radius 2 is 2.04 bits per heavy atom. The number of nitrogens with zero attached hydrogens (tertiary/aromatic N) is 2. The molecule has 3 rings (SSSR count). The fourth-order valence-electron chi connectivity index (χ4n) is 2.78. The number of thiazole rings is 1. The Morgan fingerprint density at radius 3 is 2.72 bits per heavy atom. The standard InChI is InChI=1S/C17H17ClN2O4S/c18-13-4-2-1-3-12(13)16-19-9-14(25-16)17(23)20(10-15(21)22)11-5-7-24-8-6-11/h1-4,9,11H,5-8,10H2,(H,21,22). The van der Waals surface area contributed by atoms with Gasteiger partial charge in [0.25, 0.3) is 5.91 Å². The number of rotatable bonds is 5. The average Bonchev–Trinajstić information content (AvgIpc) is 3.10. The van der Waals surface area contributed by atoms with Crippen LogP contribution < -0.4 is 0 Å². The molecule has 2 heterocycles. The normalized spacial score (nSPS) is 15.1. The molecule has 0 aliphatic carbocycles. The van der Waals surface area contributed by atoms with Crippen molar-refractivity contribution in [2.45, 2.75) is 18.9 Å². The lowest BCUT2D eigenvalue weighted by molar-refractivity contribution is -0.138. The summed E-state index contributed by atoms with van der Waals surface area (Å²) >= 11 is 7.40. The van der Waals surface area contributed by atoms with Gasteiger partial charge < -0.3 is 14.7 Å². The summed E-state index contributed by atoms with van der Waals surface area (Å²) in [5, 5.41) is 10.4. The number of carboxylic acid groups (broad SMARTS) is 1. The van der Waals surface area contributed by atoms with Crippen LogP contribution in [-0.4, -0.2) is 52.7 Å². The predicted octanol–water partition coefficient (Wildman–Crippen LogP) is 3.17. The molecular formula is C17H17ClN2O4S. The number of benzene rings is 1. The first-order valence-electron chi connectivity index (χ1n) is 7.87. The second-order valence-corrected chi connectivity index (χ2v) is 7.12. The molecular weight excluding hydrogens is 364 g/mol. The van der Waals surface area contributed by atoms with Crippen LogP contribution in [0.15, 0.2) is 30.5 Å². The summed E-state index contributed by atoms with van der Waals surface area (Å²) in [7, 11) is 0. The van der Waals surface area contributed by atoms with E-state index in [1.807, 2.05) is 18.2 Å². The van der Waals surface area contributed by atoms with Crippen molar-refractivity contribution < 1.29 is 19.4 Å². The summed E-state index contributed by atoms with van der Waals surface area (Å²) in [6.45, 7) is 0.728. The van der Waals surface area contributed by atoms with Crippen molar-refractivity contribution in [3.8, 4) is 10.6 Å². The van der Waals surface area contributed by atoms with Gasteiger partial charge in [-0.15, -0.1) is 11.3 Å². The third-order valence-corrected chi connectivity index (χ3v) is 5.37. The Bertz CT molecular complexity index is 774. The van der Waals surface area contributed by atoms with Crippen molar-refractivity contribution in [2.24, 2.45) is 0 Å². The van der Waals surface area contributed by atoms with Gasteiger partial charge in [0.2, 0.25) is 0 Å². The molecule has 1 N–H and O–H groups in total. The molecule has 1 aromatic carbocycles. The van der Waals surface area contributed by atoms with Gasteiger partial charge in [0.1, 0.15) is 16.4 Å². The highest BCUT2D eigenvalue weighted by Gasteiger charge is 2.29. The van der Waals surface area contributed by atoms with Crippen LogP contribution >= 0.6 is 22.9 Å². The lowest BCUT2D eigenvalue weighted by Gasteiger charge is -2.32. The molecule has 0 saturated carbocycles. The number of carbonyl (C=O) groups excluding carboxylic acids is 1.